The number of fused-ring (bicyclic) bond motifs is 1. The Morgan fingerprint density at radius 2 is 1.74 bits per heavy atom. The molecular formula is C34H46N6O5S. The molecule has 46 heavy (non-hydrogen) atoms. The first-order chi connectivity index (χ1) is 22.2. The summed E-state index contributed by atoms with van der Waals surface area (Å²) in [6.45, 7) is 10.1. The Kier molecular flexibility index (Phi) is 10.7. The first kappa shape index (κ1) is 33.5. The predicted octanol–water partition coefficient (Wildman–Crippen LogP) is 5.78. The molecule has 1 aliphatic heterocycles. The van der Waals surface area contributed by atoms with E-state index in [-0.39, 0.29) is 22.2 Å². The monoisotopic (exact) mass is 650 g/mol. The molecule has 1 aliphatic rings. The lowest BCUT2D eigenvalue weighted by molar-refractivity contribution is 0.341. The van der Waals surface area contributed by atoms with E-state index >= 15 is 0 Å². The maximum absolute atomic E-state index is 14.0. The van der Waals surface area contributed by atoms with E-state index in [0.29, 0.717) is 55.3 Å². The molecule has 0 aliphatic carbocycles. The Morgan fingerprint density at radius 3 is 2.43 bits per heavy atom. The van der Waals surface area contributed by atoms with Crippen molar-refractivity contribution < 1.29 is 17.9 Å². The zero-order valence-corrected chi connectivity index (χ0v) is 28.4. The highest BCUT2D eigenvalue weighted by atomic mass is 32.2. The van der Waals surface area contributed by atoms with Crippen molar-refractivity contribution in [3.8, 4) is 22.9 Å². The fourth-order valence-electron chi connectivity index (χ4n) is 6.26. The van der Waals surface area contributed by atoms with Crippen molar-refractivity contribution in [2.24, 2.45) is 0 Å². The maximum Gasteiger partial charge on any atom is 0.277 e. The van der Waals surface area contributed by atoms with Crippen molar-refractivity contribution in [1.82, 2.24) is 23.9 Å². The number of H-pyrrole nitrogens is 1. The molecule has 5 rings (SSSR count). The van der Waals surface area contributed by atoms with Gasteiger partial charge in [0.1, 0.15) is 17.3 Å². The minimum atomic E-state index is -3.85. The van der Waals surface area contributed by atoms with Gasteiger partial charge in [-0.1, -0.05) is 51.7 Å². The van der Waals surface area contributed by atoms with Crippen LogP contribution < -0.4 is 19.9 Å². The quantitative estimate of drug-likeness (QED) is 0.171. The van der Waals surface area contributed by atoms with E-state index in [1.54, 1.807) is 29.8 Å². The van der Waals surface area contributed by atoms with Crippen LogP contribution in [-0.2, 0) is 10.0 Å². The summed E-state index contributed by atoms with van der Waals surface area (Å²) in [4.78, 5) is 23.4. The fraction of sp³-hybridized carbons (Fsp3) is 0.500. The number of benzene rings is 2. The SMILES string of the molecule is CCCCCCC(CC)c1nc(C)c2c(=O)[nH]c(-c3cc(S(=O)(=O)N4CCN(c5ccccc5OC)CC4)ccc3OCC)nn12. The summed E-state index contributed by atoms with van der Waals surface area (Å²) in [6.07, 6.45) is 6.42. The molecule has 0 spiro atoms. The van der Waals surface area contributed by atoms with Crippen LogP contribution in [0.5, 0.6) is 11.5 Å². The summed E-state index contributed by atoms with van der Waals surface area (Å²) < 4.78 is 42.5. The van der Waals surface area contributed by atoms with Crippen LogP contribution in [0.3, 0.4) is 0 Å². The minimum Gasteiger partial charge on any atom is -0.495 e. The van der Waals surface area contributed by atoms with Crippen LogP contribution in [0.15, 0.2) is 52.2 Å². The zero-order valence-electron chi connectivity index (χ0n) is 27.6. The van der Waals surface area contributed by atoms with E-state index < -0.39 is 10.0 Å². The number of aromatic nitrogens is 4. The Balaban J connectivity index is 1.48. The van der Waals surface area contributed by atoms with Crippen LogP contribution >= 0.6 is 0 Å². The number of aryl methyl sites for hydroxylation is 1. The van der Waals surface area contributed by atoms with Gasteiger partial charge in [-0.15, -0.1) is 5.10 Å². The van der Waals surface area contributed by atoms with Gasteiger partial charge in [0.05, 0.1) is 35.6 Å². The number of para-hydroxylation sites is 2. The third-order valence-electron chi connectivity index (χ3n) is 8.77. The second kappa shape index (κ2) is 14.7. The molecule has 4 aromatic rings. The van der Waals surface area contributed by atoms with Crippen molar-refractivity contribution in [1.29, 1.82) is 0 Å². The standard InChI is InChI=1S/C34H46N6O5S/c1-6-9-10-11-14-25(7-2)33-35-24(4)31-34(41)36-32(37-40(31)33)27-23-26(17-18-29(27)45-8-3)46(42,43)39-21-19-38(20-22-39)28-15-12-13-16-30(28)44-5/h12-13,15-18,23,25H,6-11,14,19-22H2,1-5H3,(H,36,37,41). The number of nitrogens with zero attached hydrogens (tertiary/aromatic N) is 5. The van der Waals surface area contributed by atoms with E-state index in [0.717, 1.165) is 42.9 Å². The van der Waals surface area contributed by atoms with Gasteiger partial charge in [-0.05, 0) is 57.0 Å². The van der Waals surface area contributed by atoms with Gasteiger partial charge in [-0.3, -0.25) is 4.79 Å². The summed E-state index contributed by atoms with van der Waals surface area (Å²) in [5.41, 5.74) is 2.04. The number of hydrogen-bond donors (Lipinski definition) is 1. The van der Waals surface area contributed by atoms with Gasteiger partial charge in [-0.25, -0.2) is 17.9 Å². The second-order valence-corrected chi connectivity index (χ2v) is 13.7. The number of unbranched alkanes of at least 4 members (excludes halogenated alkanes) is 3. The highest BCUT2D eigenvalue weighted by Crippen LogP contribution is 2.34. The molecule has 0 radical (unpaired) electrons. The second-order valence-electron chi connectivity index (χ2n) is 11.7. The van der Waals surface area contributed by atoms with Crippen LogP contribution in [0, 0.1) is 6.92 Å². The van der Waals surface area contributed by atoms with E-state index in [4.69, 9.17) is 19.6 Å². The molecule has 248 valence electrons. The molecule has 2 aromatic heterocycles. The number of hydrogen-bond acceptors (Lipinski definition) is 8. The number of methoxy groups -OCH3 is 1. The largest absolute Gasteiger partial charge is 0.495 e. The Morgan fingerprint density at radius 1 is 0.978 bits per heavy atom. The number of ether oxygens (including phenoxy) is 2. The highest BCUT2D eigenvalue weighted by molar-refractivity contribution is 7.89. The Labute approximate surface area is 271 Å². The van der Waals surface area contributed by atoms with Gasteiger partial charge < -0.3 is 19.4 Å². The predicted molar refractivity (Wildman–Crippen MR) is 181 cm³/mol. The van der Waals surface area contributed by atoms with E-state index in [1.165, 1.54) is 17.1 Å². The third-order valence-corrected chi connectivity index (χ3v) is 10.7. The summed E-state index contributed by atoms with van der Waals surface area (Å²) in [5.74, 6) is 2.33. The van der Waals surface area contributed by atoms with E-state index in [1.807, 2.05) is 38.1 Å². The molecule has 1 atom stereocenters. The molecule has 3 heterocycles. The van der Waals surface area contributed by atoms with Gasteiger partial charge in [0.25, 0.3) is 5.56 Å². The molecule has 1 N–H and O–H groups in total. The van der Waals surface area contributed by atoms with Crippen molar-refractivity contribution in [2.75, 3.05) is 44.8 Å². The van der Waals surface area contributed by atoms with Gasteiger partial charge >= 0.3 is 0 Å². The first-order valence-electron chi connectivity index (χ1n) is 16.4. The highest BCUT2D eigenvalue weighted by Gasteiger charge is 2.31. The van der Waals surface area contributed by atoms with Crippen LogP contribution in [0.25, 0.3) is 16.9 Å². The van der Waals surface area contributed by atoms with Crippen LogP contribution in [0.4, 0.5) is 5.69 Å². The topological polar surface area (TPSA) is 122 Å². The van der Waals surface area contributed by atoms with Gasteiger partial charge in [0, 0.05) is 32.1 Å². The zero-order chi connectivity index (χ0) is 32.8. The molecule has 1 saturated heterocycles. The summed E-state index contributed by atoms with van der Waals surface area (Å²) >= 11 is 0. The number of anilines is 1. The molecule has 1 fully saturated rings. The average Bonchev–Trinajstić information content (AvgIpc) is 3.41. The molecular weight excluding hydrogens is 604 g/mol. The Bertz CT molecular complexity index is 1810. The summed E-state index contributed by atoms with van der Waals surface area (Å²) in [5, 5.41) is 4.87. The molecule has 12 heteroatoms. The first-order valence-corrected chi connectivity index (χ1v) is 17.8. The average molecular weight is 651 g/mol. The van der Waals surface area contributed by atoms with Gasteiger partial charge in [0.2, 0.25) is 10.0 Å². The number of sulfonamides is 1. The molecule has 0 bridgehead atoms. The van der Waals surface area contributed by atoms with Gasteiger partial charge in [-0.2, -0.15) is 4.31 Å². The molecule has 11 nitrogen and oxygen atoms in total. The van der Waals surface area contributed by atoms with Crippen LogP contribution in [-0.4, -0.2) is 72.2 Å². The molecule has 2 aromatic carbocycles. The summed E-state index contributed by atoms with van der Waals surface area (Å²) in [6, 6.07) is 12.5. The summed E-state index contributed by atoms with van der Waals surface area (Å²) in [7, 11) is -2.22. The molecule has 1 unspecified atom stereocenters. The normalized spacial score (nSPS) is 14.9. The van der Waals surface area contributed by atoms with Crippen LogP contribution in [0.2, 0.25) is 0 Å². The van der Waals surface area contributed by atoms with E-state index in [2.05, 4.69) is 23.7 Å². The Hall–Kier alpha value is -3.90. The maximum atomic E-state index is 14.0. The van der Waals surface area contributed by atoms with Crippen molar-refractivity contribution in [3.63, 3.8) is 0 Å². The number of aromatic amines is 1. The lowest BCUT2D eigenvalue weighted by Crippen LogP contribution is -2.48. The minimum absolute atomic E-state index is 0.115. The number of piperazine rings is 1. The lowest BCUT2D eigenvalue weighted by atomic mass is 9.97. The number of rotatable bonds is 14. The fourth-order valence-corrected chi connectivity index (χ4v) is 7.71. The van der Waals surface area contributed by atoms with Crippen molar-refractivity contribution in [2.45, 2.75) is 77.0 Å². The van der Waals surface area contributed by atoms with E-state index in [9.17, 15) is 13.2 Å². The van der Waals surface area contributed by atoms with Crippen molar-refractivity contribution >= 4 is 21.2 Å². The van der Waals surface area contributed by atoms with Crippen LogP contribution in [0.1, 0.15) is 76.7 Å². The third kappa shape index (κ3) is 6.78. The smallest absolute Gasteiger partial charge is 0.277 e. The molecule has 0 saturated carbocycles. The number of nitrogens with one attached hydrogen (secondary N) is 1. The van der Waals surface area contributed by atoms with Gasteiger partial charge in [0.15, 0.2) is 11.3 Å². The van der Waals surface area contributed by atoms with Crippen molar-refractivity contribution in [3.05, 3.63) is 64.3 Å². The molecule has 0 amide bonds. The lowest BCUT2D eigenvalue weighted by Gasteiger charge is -2.36. The number of imidazole rings is 1.